The fourth-order valence-corrected chi connectivity index (χ4v) is 3.31. The summed E-state index contributed by atoms with van der Waals surface area (Å²) in [6.07, 6.45) is 3.44. The first kappa shape index (κ1) is 12.3. The maximum atomic E-state index is 6.03. The minimum absolute atomic E-state index is 0.282. The first-order valence-electron chi connectivity index (χ1n) is 5.45. The molecule has 1 heterocycles. The summed E-state index contributed by atoms with van der Waals surface area (Å²) in [6, 6.07) is 2.34. The number of aryl methyl sites for hydroxylation is 1. The molecule has 0 aliphatic heterocycles. The Morgan fingerprint density at radius 2 is 2.44 bits per heavy atom. The van der Waals surface area contributed by atoms with E-state index in [1.165, 1.54) is 16.9 Å². The third-order valence-electron chi connectivity index (χ3n) is 2.70. The number of hydrogen-bond donors (Lipinski definition) is 1. The molecule has 0 bridgehead atoms. The number of hydroxylamine groups is 1. The van der Waals surface area contributed by atoms with E-state index in [0.29, 0.717) is 13.2 Å². The average molecular weight is 262 g/mol. The zero-order valence-electron chi connectivity index (χ0n) is 9.29. The lowest BCUT2D eigenvalue weighted by Gasteiger charge is -2.23. The molecule has 0 saturated carbocycles. The van der Waals surface area contributed by atoms with Gasteiger partial charge in [-0.1, -0.05) is 11.6 Å². The van der Waals surface area contributed by atoms with E-state index in [4.69, 9.17) is 21.2 Å². The second kappa shape index (κ2) is 5.98. The number of nitrogens with one attached hydrogen (secondary N) is 1. The second-order valence-corrected chi connectivity index (χ2v) is 5.60. The van der Waals surface area contributed by atoms with E-state index in [-0.39, 0.29) is 6.04 Å². The summed E-state index contributed by atoms with van der Waals surface area (Å²) in [5.41, 5.74) is 4.40. The Labute approximate surface area is 105 Å². The van der Waals surface area contributed by atoms with Crippen molar-refractivity contribution in [3.63, 3.8) is 0 Å². The standard InChI is InChI=1S/C11H16ClNO2S/c1-14-5-6-15-13-9-3-2-4-10-8(9)7-11(12)16-10/h7,9,13H,2-6H2,1H3. The van der Waals surface area contributed by atoms with Crippen LogP contribution in [-0.4, -0.2) is 20.3 Å². The fourth-order valence-electron chi connectivity index (χ4n) is 1.93. The van der Waals surface area contributed by atoms with E-state index < -0.39 is 0 Å². The van der Waals surface area contributed by atoms with Crippen molar-refractivity contribution in [1.82, 2.24) is 5.48 Å². The van der Waals surface area contributed by atoms with Crippen molar-refractivity contribution in [2.24, 2.45) is 0 Å². The lowest BCUT2D eigenvalue weighted by atomic mass is 9.95. The van der Waals surface area contributed by atoms with Crippen LogP contribution < -0.4 is 5.48 Å². The van der Waals surface area contributed by atoms with Gasteiger partial charge in [-0.25, -0.2) is 0 Å². The predicted molar refractivity (Wildman–Crippen MR) is 66.0 cm³/mol. The van der Waals surface area contributed by atoms with Crippen molar-refractivity contribution in [2.75, 3.05) is 20.3 Å². The number of hydrogen-bond acceptors (Lipinski definition) is 4. The first-order chi connectivity index (χ1) is 7.81. The number of fused-ring (bicyclic) bond motifs is 1. The van der Waals surface area contributed by atoms with Gasteiger partial charge in [0.1, 0.15) is 0 Å². The maximum absolute atomic E-state index is 6.03. The van der Waals surface area contributed by atoms with E-state index in [9.17, 15) is 0 Å². The third kappa shape index (κ3) is 2.96. The van der Waals surface area contributed by atoms with Crippen LogP contribution in [0.1, 0.15) is 29.3 Å². The highest BCUT2D eigenvalue weighted by atomic mass is 35.5. The van der Waals surface area contributed by atoms with E-state index >= 15 is 0 Å². The van der Waals surface area contributed by atoms with Crippen LogP contribution in [0.15, 0.2) is 6.07 Å². The van der Waals surface area contributed by atoms with Gasteiger partial charge < -0.3 is 4.74 Å². The summed E-state index contributed by atoms with van der Waals surface area (Å²) in [5, 5.41) is 0. The van der Waals surface area contributed by atoms with Gasteiger partial charge in [-0.2, -0.15) is 5.48 Å². The van der Waals surface area contributed by atoms with Gasteiger partial charge in [0.25, 0.3) is 0 Å². The normalized spacial score (nSPS) is 19.8. The molecule has 5 heteroatoms. The summed E-state index contributed by atoms with van der Waals surface area (Å²) >= 11 is 7.71. The predicted octanol–water partition coefficient (Wildman–Crippen LogP) is 2.95. The molecule has 16 heavy (non-hydrogen) atoms. The average Bonchev–Trinajstić information content (AvgIpc) is 2.65. The molecule has 3 nitrogen and oxygen atoms in total. The van der Waals surface area contributed by atoms with Gasteiger partial charge >= 0.3 is 0 Å². The molecule has 0 spiro atoms. The van der Waals surface area contributed by atoms with Gasteiger partial charge in [0.15, 0.2) is 0 Å². The number of rotatable bonds is 5. The van der Waals surface area contributed by atoms with E-state index in [1.807, 2.05) is 0 Å². The molecule has 0 aromatic carbocycles. The SMILES string of the molecule is COCCONC1CCCc2sc(Cl)cc21. The Morgan fingerprint density at radius 1 is 1.56 bits per heavy atom. The Balaban J connectivity index is 1.91. The summed E-state index contributed by atoms with van der Waals surface area (Å²) in [5.74, 6) is 0. The second-order valence-electron chi connectivity index (χ2n) is 3.83. The molecule has 90 valence electrons. The van der Waals surface area contributed by atoms with E-state index in [2.05, 4.69) is 11.5 Å². The summed E-state index contributed by atoms with van der Waals surface area (Å²) < 4.78 is 5.79. The molecule has 1 aromatic rings. The monoisotopic (exact) mass is 261 g/mol. The Morgan fingerprint density at radius 3 is 3.25 bits per heavy atom. The summed E-state index contributed by atoms with van der Waals surface area (Å²) in [7, 11) is 1.67. The van der Waals surface area contributed by atoms with Gasteiger partial charge in [-0.05, 0) is 30.9 Å². The van der Waals surface area contributed by atoms with Gasteiger partial charge in [0.2, 0.25) is 0 Å². The van der Waals surface area contributed by atoms with Crippen molar-refractivity contribution in [1.29, 1.82) is 0 Å². The van der Waals surface area contributed by atoms with Crippen molar-refractivity contribution in [3.05, 3.63) is 20.8 Å². The molecular weight excluding hydrogens is 246 g/mol. The van der Waals surface area contributed by atoms with E-state index in [1.54, 1.807) is 18.4 Å². The molecule has 1 aliphatic carbocycles. The molecule has 0 radical (unpaired) electrons. The van der Waals surface area contributed by atoms with Crippen LogP contribution in [0.5, 0.6) is 0 Å². The lowest BCUT2D eigenvalue weighted by molar-refractivity contribution is -0.0152. The minimum Gasteiger partial charge on any atom is -0.382 e. The number of methoxy groups -OCH3 is 1. The van der Waals surface area contributed by atoms with Gasteiger partial charge in [-0.15, -0.1) is 11.3 Å². The summed E-state index contributed by atoms with van der Waals surface area (Å²) in [4.78, 5) is 6.76. The molecule has 1 atom stereocenters. The highest BCUT2D eigenvalue weighted by molar-refractivity contribution is 7.16. The highest BCUT2D eigenvalue weighted by Crippen LogP contribution is 2.37. The number of thiophene rings is 1. The largest absolute Gasteiger partial charge is 0.382 e. The molecular formula is C11H16ClNO2S. The van der Waals surface area contributed by atoms with Gasteiger partial charge in [0.05, 0.1) is 23.6 Å². The Bertz CT molecular complexity index is 343. The van der Waals surface area contributed by atoms with Crippen molar-refractivity contribution >= 4 is 22.9 Å². The molecule has 0 fully saturated rings. The van der Waals surface area contributed by atoms with Crippen LogP contribution in [0.2, 0.25) is 4.34 Å². The molecule has 0 amide bonds. The number of halogens is 1. The summed E-state index contributed by atoms with van der Waals surface area (Å²) in [6.45, 7) is 1.18. The van der Waals surface area contributed by atoms with Gasteiger partial charge in [-0.3, -0.25) is 4.84 Å². The molecule has 1 aromatic heterocycles. The van der Waals surface area contributed by atoms with Crippen molar-refractivity contribution in [3.8, 4) is 0 Å². The topological polar surface area (TPSA) is 30.5 Å². The van der Waals surface area contributed by atoms with E-state index in [0.717, 1.165) is 17.2 Å². The quantitative estimate of drug-likeness (QED) is 0.653. The highest BCUT2D eigenvalue weighted by Gasteiger charge is 2.22. The van der Waals surface area contributed by atoms with Crippen LogP contribution in [-0.2, 0) is 16.0 Å². The van der Waals surface area contributed by atoms with Crippen LogP contribution in [0.25, 0.3) is 0 Å². The fraction of sp³-hybridized carbons (Fsp3) is 0.636. The first-order valence-corrected chi connectivity index (χ1v) is 6.65. The zero-order chi connectivity index (χ0) is 11.4. The smallest absolute Gasteiger partial charge is 0.0934 e. The van der Waals surface area contributed by atoms with Crippen molar-refractivity contribution < 1.29 is 9.57 Å². The van der Waals surface area contributed by atoms with Crippen LogP contribution in [0.3, 0.4) is 0 Å². The Kier molecular flexibility index (Phi) is 4.61. The molecule has 1 unspecified atom stereocenters. The van der Waals surface area contributed by atoms with Crippen molar-refractivity contribution in [2.45, 2.75) is 25.3 Å². The molecule has 0 saturated heterocycles. The number of ether oxygens (including phenoxy) is 1. The van der Waals surface area contributed by atoms with Crippen LogP contribution in [0, 0.1) is 0 Å². The molecule has 2 rings (SSSR count). The van der Waals surface area contributed by atoms with Crippen LogP contribution in [0.4, 0.5) is 0 Å². The third-order valence-corrected chi connectivity index (χ3v) is 4.04. The zero-order valence-corrected chi connectivity index (χ0v) is 10.9. The Hall–Kier alpha value is -0.130. The lowest BCUT2D eigenvalue weighted by Crippen LogP contribution is -2.25. The minimum atomic E-state index is 0.282. The van der Waals surface area contributed by atoms with Crippen LogP contribution >= 0.6 is 22.9 Å². The van der Waals surface area contributed by atoms with Gasteiger partial charge in [0, 0.05) is 12.0 Å². The maximum Gasteiger partial charge on any atom is 0.0934 e. The molecule has 1 N–H and O–H groups in total. The molecule has 1 aliphatic rings.